The predicted octanol–water partition coefficient (Wildman–Crippen LogP) is 3.81. The number of carbonyl (C=O) groups excluding carboxylic acids is 1. The maximum absolute atomic E-state index is 12.9. The van der Waals surface area contributed by atoms with Crippen molar-refractivity contribution in [3.63, 3.8) is 0 Å². The molecule has 1 N–H and O–H groups in total. The number of amides is 1. The van der Waals surface area contributed by atoms with Crippen LogP contribution in [-0.4, -0.2) is 46.8 Å². The molecule has 0 radical (unpaired) electrons. The normalized spacial score (nSPS) is 15.2. The van der Waals surface area contributed by atoms with Crippen LogP contribution in [0.2, 0.25) is 5.02 Å². The van der Waals surface area contributed by atoms with E-state index < -0.39 is 22.0 Å². The molecule has 32 heavy (non-hydrogen) atoms. The number of methoxy groups -OCH3 is 1. The molecule has 0 bridgehead atoms. The highest BCUT2D eigenvalue weighted by molar-refractivity contribution is 7.92. The van der Waals surface area contributed by atoms with E-state index in [1.165, 1.54) is 45.0 Å². The first kappa shape index (κ1) is 24.2. The summed E-state index contributed by atoms with van der Waals surface area (Å²) in [6.07, 6.45) is 4.76. The molecule has 174 valence electrons. The number of nitrogens with one attached hydrogen (secondary N) is 1. The first-order chi connectivity index (χ1) is 15.2. The van der Waals surface area contributed by atoms with Gasteiger partial charge in [-0.15, -0.1) is 0 Å². The number of piperidine rings is 1. The van der Waals surface area contributed by atoms with Crippen molar-refractivity contribution in [2.24, 2.45) is 0 Å². The Kier molecular flexibility index (Phi) is 7.90. The molecular formula is C23H30ClN3O4S. The minimum atomic E-state index is -3.78. The Balaban J connectivity index is 1.71. The molecule has 0 saturated carbocycles. The Morgan fingerprint density at radius 2 is 1.81 bits per heavy atom. The van der Waals surface area contributed by atoms with E-state index >= 15 is 0 Å². The largest absolute Gasteiger partial charge is 0.495 e. The summed E-state index contributed by atoms with van der Waals surface area (Å²) in [6.45, 7) is 3.98. The molecule has 0 spiro atoms. The zero-order chi connectivity index (χ0) is 23.3. The van der Waals surface area contributed by atoms with Gasteiger partial charge in [0, 0.05) is 30.3 Å². The molecule has 1 atom stereocenters. The van der Waals surface area contributed by atoms with Crippen molar-refractivity contribution in [2.45, 2.75) is 38.8 Å². The third-order valence-electron chi connectivity index (χ3n) is 5.59. The van der Waals surface area contributed by atoms with Gasteiger partial charge in [0.15, 0.2) is 0 Å². The van der Waals surface area contributed by atoms with Crippen LogP contribution in [0.3, 0.4) is 0 Å². The fraction of sp³-hybridized carbons (Fsp3) is 0.435. The summed E-state index contributed by atoms with van der Waals surface area (Å²) in [5.41, 5.74) is 2.35. The molecule has 0 unspecified atom stereocenters. The van der Waals surface area contributed by atoms with E-state index in [-0.39, 0.29) is 5.69 Å². The van der Waals surface area contributed by atoms with Crippen molar-refractivity contribution in [1.29, 1.82) is 0 Å². The molecule has 1 saturated heterocycles. The SMILES string of the molecule is COc1ccc(Cl)cc1N([C@@H](C)C(=O)NCc1ccc(N2CCCCC2)cc1)S(C)(=O)=O. The number of hydrogen-bond acceptors (Lipinski definition) is 5. The summed E-state index contributed by atoms with van der Waals surface area (Å²) in [4.78, 5) is 15.2. The van der Waals surface area contributed by atoms with Crippen LogP contribution < -0.4 is 19.3 Å². The number of anilines is 2. The molecule has 1 amide bonds. The molecule has 0 aromatic heterocycles. The number of rotatable bonds is 8. The Labute approximate surface area is 195 Å². The molecule has 7 nitrogen and oxygen atoms in total. The first-order valence-corrected chi connectivity index (χ1v) is 12.9. The van der Waals surface area contributed by atoms with Gasteiger partial charge in [-0.2, -0.15) is 0 Å². The third kappa shape index (κ3) is 5.86. The van der Waals surface area contributed by atoms with E-state index in [2.05, 4.69) is 22.3 Å². The number of benzene rings is 2. The minimum Gasteiger partial charge on any atom is -0.495 e. The van der Waals surface area contributed by atoms with Crippen LogP contribution in [0.4, 0.5) is 11.4 Å². The van der Waals surface area contributed by atoms with Crippen LogP contribution in [0.5, 0.6) is 5.75 Å². The molecular weight excluding hydrogens is 450 g/mol. The number of sulfonamides is 1. The van der Waals surface area contributed by atoms with Gasteiger partial charge in [-0.1, -0.05) is 23.7 Å². The number of ether oxygens (including phenoxy) is 1. The van der Waals surface area contributed by atoms with Gasteiger partial charge in [-0.3, -0.25) is 9.10 Å². The van der Waals surface area contributed by atoms with Crippen LogP contribution in [-0.2, 0) is 21.4 Å². The highest BCUT2D eigenvalue weighted by Crippen LogP contribution is 2.34. The topological polar surface area (TPSA) is 79.0 Å². The van der Waals surface area contributed by atoms with E-state index in [1.807, 2.05) is 12.1 Å². The number of nitrogens with zero attached hydrogens (tertiary/aromatic N) is 2. The minimum absolute atomic E-state index is 0.219. The van der Waals surface area contributed by atoms with E-state index in [1.54, 1.807) is 12.1 Å². The maximum Gasteiger partial charge on any atom is 0.243 e. The summed E-state index contributed by atoms with van der Waals surface area (Å²) in [5, 5.41) is 3.18. The molecule has 2 aromatic carbocycles. The lowest BCUT2D eigenvalue weighted by Gasteiger charge is -2.29. The maximum atomic E-state index is 12.9. The predicted molar refractivity (Wildman–Crippen MR) is 129 cm³/mol. The van der Waals surface area contributed by atoms with Crippen molar-refractivity contribution < 1.29 is 17.9 Å². The van der Waals surface area contributed by atoms with Gasteiger partial charge in [0.2, 0.25) is 15.9 Å². The molecule has 9 heteroatoms. The zero-order valence-electron chi connectivity index (χ0n) is 18.7. The van der Waals surface area contributed by atoms with Crippen LogP contribution in [0.25, 0.3) is 0 Å². The quantitative estimate of drug-likeness (QED) is 0.622. The number of carbonyl (C=O) groups is 1. The number of halogens is 1. The van der Waals surface area contributed by atoms with Gasteiger partial charge in [-0.05, 0) is 62.1 Å². The van der Waals surface area contributed by atoms with Crippen molar-refractivity contribution >= 4 is 38.9 Å². The lowest BCUT2D eigenvalue weighted by atomic mass is 10.1. The molecule has 1 heterocycles. The van der Waals surface area contributed by atoms with Crippen molar-refractivity contribution in [1.82, 2.24) is 5.32 Å². The van der Waals surface area contributed by atoms with Gasteiger partial charge in [0.05, 0.1) is 19.1 Å². The van der Waals surface area contributed by atoms with Gasteiger partial charge >= 0.3 is 0 Å². The van der Waals surface area contributed by atoms with E-state index in [0.717, 1.165) is 29.2 Å². The van der Waals surface area contributed by atoms with Gasteiger partial charge in [0.25, 0.3) is 0 Å². The second kappa shape index (κ2) is 10.4. The van der Waals surface area contributed by atoms with Crippen molar-refractivity contribution in [3.05, 3.63) is 53.1 Å². The summed E-state index contributed by atoms with van der Waals surface area (Å²) in [7, 11) is -2.35. The Morgan fingerprint density at radius 3 is 2.41 bits per heavy atom. The lowest BCUT2D eigenvalue weighted by molar-refractivity contribution is -0.122. The van der Waals surface area contributed by atoms with E-state index in [9.17, 15) is 13.2 Å². The van der Waals surface area contributed by atoms with Crippen LogP contribution >= 0.6 is 11.6 Å². The third-order valence-corrected chi connectivity index (χ3v) is 7.05. The standard InChI is InChI=1S/C23H30ClN3O4S/c1-17(27(32(3,29)30)21-15-19(24)9-12-22(21)31-2)23(28)25-16-18-7-10-20(11-8-18)26-13-5-4-6-14-26/h7-12,15,17H,4-6,13-14,16H2,1-3H3,(H,25,28)/t17-/m0/s1. The summed E-state index contributed by atoms with van der Waals surface area (Å²) in [5.74, 6) is -0.106. The fourth-order valence-electron chi connectivity index (χ4n) is 3.93. The average molecular weight is 480 g/mol. The fourth-order valence-corrected chi connectivity index (χ4v) is 5.27. The van der Waals surface area contributed by atoms with Crippen LogP contribution in [0.15, 0.2) is 42.5 Å². The highest BCUT2D eigenvalue weighted by Gasteiger charge is 2.31. The van der Waals surface area contributed by atoms with Crippen LogP contribution in [0.1, 0.15) is 31.7 Å². The van der Waals surface area contributed by atoms with Crippen LogP contribution in [0, 0.1) is 0 Å². The molecule has 1 fully saturated rings. The zero-order valence-corrected chi connectivity index (χ0v) is 20.2. The average Bonchev–Trinajstić information content (AvgIpc) is 2.77. The Bertz CT molecular complexity index is 1040. The summed E-state index contributed by atoms with van der Waals surface area (Å²) >= 11 is 6.08. The number of hydrogen-bond donors (Lipinski definition) is 1. The molecule has 2 aromatic rings. The second-order valence-electron chi connectivity index (χ2n) is 7.98. The molecule has 3 rings (SSSR count). The van der Waals surface area contributed by atoms with Gasteiger partial charge in [-0.25, -0.2) is 8.42 Å². The summed E-state index contributed by atoms with van der Waals surface area (Å²) < 4.78 is 31.5. The van der Waals surface area contributed by atoms with Gasteiger partial charge in [0.1, 0.15) is 11.8 Å². The first-order valence-electron chi connectivity index (χ1n) is 10.7. The Hall–Kier alpha value is -2.45. The second-order valence-corrected chi connectivity index (χ2v) is 10.3. The lowest BCUT2D eigenvalue weighted by Crippen LogP contribution is -2.47. The van der Waals surface area contributed by atoms with Crippen molar-refractivity contribution in [2.75, 3.05) is 35.7 Å². The molecule has 0 aliphatic carbocycles. The molecule has 1 aliphatic heterocycles. The molecule has 1 aliphatic rings. The highest BCUT2D eigenvalue weighted by atomic mass is 35.5. The monoisotopic (exact) mass is 479 g/mol. The van der Waals surface area contributed by atoms with E-state index in [0.29, 0.717) is 17.3 Å². The van der Waals surface area contributed by atoms with Crippen molar-refractivity contribution in [3.8, 4) is 5.75 Å². The summed E-state index contributed by atoms with van der Waals surface area (Å²) in [6, 6.07) is 11.8. The smallest absolute Gasteiger partial charge is 0.243 e. The van der Waals surface area contributed by atoms with Gasteiger partial charge < -0.3 is 15.0 Å². The Morgan fingerprint density at radius 1 is 1.16 bits per heavy atom. The van der Waals surface area contributed by atoms with E-state index in [4.69, 9.17) is 16.3 Å².